The summed E-state index contributed by atoms with van der Waals surface area (Å²) in [4.78, 5) is 21.3. The van der Waals surface area contributed by atoms with Crippen molar-refractivity contribution in [3.05, 3.63) is 34.9 Å². The third-order valence-corrected chi connectivity index (χ3v) is 5.07. The van der Waals surface area contributed by atoms with E-state index in [-0.39, 0.29) is 12.8 Å². The lowest BCUT2D eigenvalue weighted by atomic mass is 9.90. The summed E-state index contributed by atoms with van der Waals surface area (Å²) in [7, 11) is 0. The van der Waals surface area contributed by atoms with Crippen LogP contribution in [0.25, 0.3) is 0 Å². The molecule has 0 aromatic heterocycles. The molecule has 0 saturated carbocycles. The Kier molecular flexibility index (Phi) is 12.2. The molecule has 0 aliphatic carbocycles. The van der Waals surface area contributed by atoms with Gasteiger partial charge in [0.15, 0.2) is 0 Å². The van der Waals surface area contributed by atoms with E-state index in [2.05, 4.69) is 25.1 Å². The molecule has 27 heavy (non-hydrogen) atoms. The second-order valence-electron chi connectivity index (χ2n) is 7.42. The third-order valence-electron chi connectivity index (χ3n) is 5.07. The molecule has 0 atom stereocenters. The molecule has 1 aromatic carbocycles. The highest BCUT2D eigenvalue weighted by molar-refractivity contribution is 5.66. The second kappa shape index (κ2) is 14.2. The molecule has 0 heterocycles. The topological polar surface area (TPSA) is 74.6 Å². The Morgan fingerprint density at radius 2 is 1.19 bits per heavy atom. The fourth-order valence-corrected chi connectivity index (χ4v) is 3.57. The SMILES string of the molecule is CCCCCc1cccc(CCCCCC(=O)O)c1CCCCCC(=O)O. The molecule has 152 valence electrons. The van der Waals surface area contributed by atoms with Crippen molar-refractivity contribution in [2.24, 2.45) is 0 Å². The summed E-state index contributed by atoms with van der Waals surface area (Å²) in [6.07, 6.45) is 12.8. The van der Waals surface area contributed by atoms with E-state index in [1.165, 1.54) is 36.0 Å². The monoisotopic (exact) mass is 376 g/mol. The van der Waals surface area contributed by atoms with Crippen molar-refractivity contribution in [2.45, 2.75) is 96.8 Å². The molecule has 1 rings (SSSR count). The molecule has 2 N–H and O–H groups in total. The lowest BCUT2D eigenvalue weighted by Crippen LogP contribution is -2.02. The van der Waals surface area contributed by atoms with Crippen molar-refractivity contribution in [3.63, 3.8) is 0 Å². The normalized spacial score (nSPS) is 10.9. The first kappa shape index (κ1) is 23.2. The zero-order chi connectivity index (χ0) is 19.9. The molecule has 0 fully saturated rings. The van der Waals surface area contributed by atoms with Gasteiger partial charge in [-0.15, -0.1) is 0 Å². The van der Waals surface area contributed by atoms with Gasteiger partial charge in [0, 0.05) is 12.8 Å². The molecule has 0 aliphatic rings. The van der Waals surface area contributed by atoms with Crippen molar-refractivity contribution in [1.82, 2.24) is 0 Å². The van der Waals surface area contributed by atoms with E-state index in [1.807, 2.05) is 0 Å². The predicted molar refractivity (Wildman–Crippen MR) is 109 cm³/mol. The van der Waals surface area contributed by atoms with Gasteiger partial charge in [0.25, 0.3) is 0 Å². The third kappa shape index (κ3) is 10.8. The minimum absolute atomic E-state index is 0.257. The van der Waals surface area contributed by atoms with Crippen molar-refractivity contribution in [2.75, 3.05) is 0 Å². The number of unbranched alkanes of at least 4 members (excludes halogenated alkanes) is 6. The van der Waals surface area contributed by atoms with E-state index in [0.29, 0.717) is 0 Å². The Bertz CT molecular complexity index is 565. The number of hydrogen-bond donors (Lipinski definition) is 2. The molecular weight excluding hydrogens is 340 g/mol. The molecule has 0 unspecified atom stereocenters. The molecule has 0 radical (unpaired) electrons. The van der Waals surface area contributed by atoms with Crippen LogP contribution in [0.2, 0.25) is 0 Å². The van der Waals surface area contributed by atoms with Gasteiger partial charge < -0.3 is 10.2 Å². The van der Waals surface area contributed by atoms with Crippen LogP contribution in [0.15, 0.2) is 18.2 Å². The first-order valence-electron chi connectivity index (χ1n) is 10.6. The largest absolute Gasteiger partial charge is 0.481 e. The zero-order valence-corrected chi connectivity index (χ0v) is 16.8. The van der Waals surface area contributed by atoms with E-state index >= 15 is 0 Å². The molecule has 4 nitrogen and oxygen atoms in total. The van der Waals surface area contributed by atoms with Gasteiger partial charge in [0.2, 0.25) is 0 Å². The van der Waals surface area contributed by atoms with Crippen LogP contribution < -0.4 is 0 Å². The number of aryl methyl sites for hydroxylation is 2. The predicted octanol–water partition coefficient (Wildman–Crippen LogP) is 5.79. The zero-order valence-electron chi connectivity index (χ0n) is 16.8. The van der Waals surface area contributed by atoms with Crippen LogP contribution in [-0.4, -0.2) is 22.2 Å². The van der Waals surface area contributed by atoms with Gasteiger partial charge in [-0.3, -0.25) is 9.59 Å². The van der Waals surface area contributed by atoms with Gasteiger partial charge in [-0.2, -0.15) is 0 Å². The highest BCUT2D eigenvalue weighted by Crippen LogP contribution is 2.23. The summed E-state index contributed by atoms with van der Waals surface area (Å²) in [6, 6.07) is 6.62. The average Bonchev–Trinajstić information content (AvgIpc) is 2.62. The summed E-state index contributed by atoms with van der Waals surface area (Å²) in [5, 5.41) is 17.5. The van der Waals surface area contributed by atoms with Crippen LogP contribution in [0.5, 0.6) is 0 Å². The molecule has 1 aromatic rings. The van der Waals surface area contributed by atoms with Crippen molar-refractivity contribution < 1.29 is 19.8 Å². The van der Waals surface area contributed by atoms with E-state index in [0.717, 1.165) is 57.8 Å². The quantitative estimate of drug-likeness (QED) is 0.358. The number of aliphatic carboxylic acids is 2. The Morgan fingerprint density at radius 3 is 1.67 bits per heavy atom. The maximum atomic E-state index is 10.7. The molecule has 0 aliphatic heterocycles. The van der Waals surface area contributed by atoms with Crippen molar-refractivity contribution >= 4 is 11.9 Å². The van der Waals surface area contributed by atoms with Crippen LogP contribution in [0, 0.1) is 0 Å². The number of benzene rings is 1. The van der Waals surface area contributed by atoms with Crippen LogP contribution in [0.3, 0.4) is 0 Å². The Balaban J connectivity index is 2.63. The fraction of sp³-hybridized carbons (Fsp3) is 0.652. The number of carboxylic acids is 2. The highest BCUT2D eigenvalue weighted by Gasteiger charge is 2.09. The summed E-state index contributed by atoms with van der Waals surface area (Å²) in [6.45, 7) is 2.22. The molecule has 0 amide bonds. The van der Waals surface area contributed by atoms with E-state index in [9.17, 15) is 9.59 Å². The lowest BCUT2D eigenvalue weighted by molar-refractivity contribution is -0.138. The smallest absolute Gasteiger partial charge is 0.303 e. The maximum absolute atomic E-state index is 10.7. The lowest BCUT2D eigenvalue weighted by Gasteiger charge is -2.15. The molecule has 0 saturated heterocycles. The van der Waals surface area contributed by atoms with E-state index < -0.39 is 11.9 Å². The van der Waals surface area contributed by atoms with Crippen LogP contribution >= 0.6 is 0 Å². The van der Waals surface area contributed by atoms with Gasteiger partial charge >= 0.3 is 11.9 Å². The molecular formula is C23H36O4. The summed E-state index contributed by atoms with van der Waals surface area (Å²) >= 11 is 0. The number of carbonyl (C=O) groups is 2. The fourth-order valence-electron chi connectivity index (χ4n) is 3.57. The van der Waals surface area contributed by atoms with Crippen LogP contribution in [0.4, 0.5) is 0 Å². The van der Waals surface area contributed by atoms with Gasteiger partial charge in [0.05, 0.1) is 0 Å². The second-order valence-corrected chi connectivity index (χ2v) is 7.42. The Morgan fingerprint density at radius 1 is 0.704 bits per heavy atom. The number of hydrogen-bond acceptors (Lipinski definition) is 2. The Hall–Kier alpha value is -1.84. The number of carboxylic acid groups (broad SMARTS) is 2. The average molecular weight is 377 g/mol. The van der Waals surface area contributed by atoms with Gasteiger partial charge in [-0.25, -0.2) is 0 Å². The maximum Gasteiger partial charge on any atom is 0.303 e. The highest BCUT2D eigenvalue weighted by atomic mass is 16.4. The number of rotatable bonds is 16. The minimum Gasteiger partial charge on any atom is -0.481 e. The minimum atomic E-state index is -0.713. The Labute approximate surface area is 164 Å². The van der Waals surface area contributed by atoms with Gasteiger partial charge in [-0.1, -0.05) is 50.8 Å². The molecule has 0 bridgehead atoms. The standard InChI is InChI=1S/C23H36O4/c1-2-3-6-12-19-14-11-15-20(13-7-4-9-17-22(24)25)21(19)16-8-5-10-18-23(26)27/h11,14-15H,2-10,12-13,16-18H2,1H3,(H,24,25)(H,26,27). The first-order chi connectivity index (χ1) is 13.0. The van der Waals surface area contributed by atoms with Gasteiger partial charge in [-0.05, 0) is 68.1 Å². The van der Waals surface area contributed by atoms with Crippen molar-refractivity contribution in [1.29, 1.82) is 0 Å². The van der Waals surface area contributed by atoms with E-state index in [1.54, 1.807) is 0 Å². The molecule has 0 spiro atoms. The summed E-state index contributed by atoms with van der Waals surface area (Å²) in [5.41, 5.74) is 4.31. The van der Waals surface area contributed by atoms with Gasteiger partial charge in [0.1, 0.15) is 0 Å². The first-order valence-corrected chi connectivity index (χ1v) is 10.6. The van der Waals surface area contributed by atoms with Crippen molar-refractivity contribution in [3.8, 4) is 0 Å². The summed E-state index contributed by atoms with van der Waals surface area (Å²) in [5.74, 6) is -1.42. The van der Waals surface area contributed by atoms with E-state index in [4.69, 9.17) is 10.2 Å². The molecule has 4 heteroatoms. The van der Waals surface area contributed by atoms with Crippen LogP contribution in [0.1, 0.15) is 94.2 Å². The summed E-state index contributed by atoms with van der Waals surface area (Å²) < 4.78 is 0. The van der Waals surface area contributed by atoms with Crippen LogP contribution in [-0.2, 0) is 28.9 Å².